The Morgan fingerprint density at radius 3 is 2.82 bits per heavy atom. The predicted octanol–water partition coefficient (Wildman–Crippen LogP) is 3.97. The van der Waals surface area contributed by atoms with Crippen molar-refractivity contribution in [2.24, 2.45) is 0 Å². The molecule has 1 aliphatic carbocycles. The second-order valence-electron chi connectivity index (χ2n) is 6.62. The van der Waals surface area contributed by atoms with Gasteiger partial charge in [0.25, 0.3) is 0 Å². The maximum Gasteiger partial charge on any atom is 0.122 e. The second-order valence-corrected chi connectivity index (χ2v) is 6.62. The summed E-state index contributed by atoms with van der Waals surface area (Å²) in [6, 6.07) is 7.35. The molecule has 22 heavy (non-hydrogen) atoms. The normalized spacial score (nSPS) is 16.1. The van der Waals surface area contributed by atoms with Gasteiger partial charge in [-0.3, -0.25) is 0 Å². The lowest BCUT2D eigenvalue weighted by Crippen LogP contribution is -2.31. The Kier molecular flexibility index (Phi) is 4.94. The van der Waals surface area contributed by atoms with Crippen molar-refractivity contribution in [3.63, 3.8) is 0 Å². The fourth-order valence-electron chi connectivity index (χ4n) is 3.35. The van der Waals surface area contributed by atoms with Crippen molar-refractivity contribution < 1.29 is 0 Å². The molecule has 0 aliphatic heterocycles. The lowest BCUT2D eigenvalue weighted by atomic mass is 9.95. The Labute approximate surface area is 133 Å². The van der Waals surface area contributed by atoms with E-state index in [4.69, 9.17) is 0 Å². The van der Waals surface area contributed by atoms with E-state index in [-0.39, 0.29) is 0 Å². The van der Waals surface area contributed by atoms with E-state index in [1.807, 2.05) is 6.20 Å². The highest BCUT2D eigenvalue weighted by atomic mass is 15.1. The minimum atomic E-state index is 0.680. The molecule has 0 spiro atoms. The zero-order valence-electron chi connectivity index (χ0n) is 13.8. The van der Waals surface area contributed by atoms with E-state index in [0.717, 1.165) is 18.9 Å². The fraction of sp³-hybridized carbons (Fsp3) is 0.526. The minimum Gasteiger partial charge on any atom is -0.329 e. The molecule has 0 unspecified atom stereocenters. The number of nitrogens with one attached hydrogen (secondary N) is 1. The lowest BCUT2D eigenvalue weighted by Gasteiger charge is -2.23. The van der Waals surface area contributed by atoms with Crippen LogP contribution in [0.3, 0.4) is 0 Å². The molecule has 0 saturated heterocycles. The highest BCUT2D eigenvalue weighted by molar-refractivity contribution is 5.30. The van der Waals surface area contributed by atoms with Crippen LogP contribution in [0, 0.1) is 13.8 Å². The van der Waals surface area contributed by atoms with Gasteiger partial charge in [0.15, 0.2) is 0 Å². The van der Waals surface area contributed by atoms with Gasteiger partial charge in [0.2, 0.25) is 0 Å². The first kappa shape index (κ1) is 15.3. The van der Waals surface area contributed by atoms with E-state index in [0.29, 0.717) is 6.04 Å². The van der Waals surface area contributed by atoms with Crippen LogP contribution in [0.25, 0.3) is 0 Å². The number of aromatic nitrogens is 2. The van der Waals surface area contributed by atoms with Gasteiger partial charge < -0.3 is 9.88 Å². The van der Waals surface area contributed by atoms with Crippen LogP contribution in [0.2, 0.25) is 0 Å². The van der Waals surface area contributed by atoms with Crippen molar-refractivity contribution in [2.75, 3.05) is 0 Å². The Morgan fingerprint density at radius 2 is 2.00 bits per heavy atom. The van der Waals surface area contributed by atoms with E-state index in [9.17, 15) is 0 Å². The molecule has 0 bridgehead atoms. The summed E-state index contributed by atoms with van der Waals surface area (Å²) in [5, 5.41) is 3.69. The number of benzene rings is 1. The third kappa shape index (κ3) is 3.77. The summed E-state index contributed by atoms with van der Waals surface area (Å²) in [4.78, 5) is 4.55. The molecular formula is C19H27N3. The van der Waals surface area contributed by atoms with E-state index < -0.39 is 0 Å². The van der Waals surface area contributed by atoms with E-state index in [1.165, 1.54) is 48.8 Å². The van der Waals surface area contributed by atoms with Gasteiger partial charge in [-0.05, 0) is 37.8 Å². The van der Waals surface area contributed by atoms with Crippen LogP contribution in [0.4, 0.5) is 0 Å². The first-order chi connectivity index (χ1) is 10.7. The first-order valence-electron chi connectivity index (χ1n) is 8.52. The molecule has 0 radical (unpaired) electrons. The van der Waals surface area contributed by atoms with Gasteiger partial charge in [0, 0.05) is 25.0 Å². The van der Waals surface area contributed by atoms with Crippen LogP contribution in [-0.2, 0) is 13.1 Å². The Hall–Kier alpha value is -1.61. The van der Waals surface area contributed by atoms with E-state index in [2.05, 4.69) is 53.1 Å². The number of aryl methyl sites for hydroxylation is 2. The van der Waals surface area contributed by atoms with Crippen molar-refractivity contribution >= 4 is 0 Å². The predicted molar refractivity (Wildman–Crippen MR) is 91.0 cm³/mol. The first-order valence-corrected chi connectivity index (χ1v) is 8.52. The van der Waals surface area contributed by atoms with Gasteiger partial charge in [0.1, 0.15) is 5.82 Å². The molecule has 2 aromatic rings. The van der Waals surface area contributed by atoms with Crippen LogP contribution >= 0.6 is 0 Å². The van der Waals surface area contributed by atoms with Gasteiger partial charge in [-0.25, -0.2) is 4.98 Å². The van der Waals surface area contributed by atoms with Crippen LogP contribution in [0.5, 0.6) is 0 Å². The molecule has 1 fully saturated rings. The van der Waals surface area contributed by atoms with Gasteiger partial charge in [-0.15, -0.1) is 0 Å². The fourth-order valence-corrected chi connectivity index (χ4v) is 3.35. The third-order valence-electron chi connectivity index (χ3n) is 4.80. The van der Waals surface area contributed by atoms with Crippen molar-refractivity contribution in [1.82, 2.24) is 14.9 Å². The summed E-state index contributed by atoms with van der Waals surface area (Å²) in [6.07, 6.45) is 10.8. The molecule has 1 N–H and O–H groups in total. The summed E-state index contributed by atoms with van der Waals surface area (Å²) in [7, 11) is 0. The molecule has 3 heteroatoms. The molecule has 0 atom stereocenters. The maximum atomic E-state index is 4.55. The summed E-state index contributed by atoms with van der Waals surface area (Å²) in [5.74, 6) is 1.14. The molecule has 1 aromatic heterocycles. The molecule has 1 saturated carbocycles. The summed E-state index contributed by atoms with van der Waals surface area (Å²) >= 11 is 0. The zero-order chi connectivity index (χ0) is 15.4. The molecule has 0 amide bonds. The third-order valence-corrected chi connectivity index (χ3v) is 4.80. The molecule has 1 aromatic carbocycles. The van der Waals surface area contributed by atoms with Gasteiger partial charge in [-0.2, -0.15) is 0 Å². The molecule has 3 nitrogen and oxygen atoms in total. The van der Waals surface area contributed by atoms with Crippen molar-refractivity contribution in [3.05, 3.63) is 53.1 Å². The molecule has 118 valence electrons. The van der Waals surface area contributed by atoms with Gasteiger partial charge in [-0.1, -0.05) is 43.0 Å². The minimum absolute atomic E-state index is 0.680. The van der Waals surface area contributed by atoms with Crippen molar-refractivity contribution in [1.29, 1.82) is 0 Å². The quantitative estimate of drug-likeness (QED) is 0.905. The number of hydrogen-bond acceptors (Lipinski definition) is 2. The Morgan fingerprint density at radius 1 is 1.18 bits per heavy atom. The summed E-state index contributed by atoms with van der Waals surface area (Å²) in [6.45, 7) is 6.13. The standard InChI is InChI=1S/C19H27N3/c1-15-8-9-16(2)17(12-15)14-22-11-10-20-19(22)13-21-18-6-4-3-5-7-18/h8-12,18,21H,3-7,13-14H2,1-2H3. The number of nitrogens with zero attached hydrogens (tertiary/aromatic N) is 2. The van der Waals surface area contributed by atoms with Crippen molar-refractivity contribution in [2.45, 2.75) is 65.1 Å². The van der Waals surface area contributed by atoms with Crippen LogP contribution < -0.4 is 5.32 Å². The van der Waals surface area contributed by atoms with Crippen LogP contribution in [0.15, 0.2) is 30.6 Å². The largest absolute Gasteiger partial charge is 0.329 e. The van der Waals surface area contributed by atoms with Gasteiger partial charge in [0.05, 0.1) is 6.54 Å². The summed E-state index contributed by atoms with van der Waals surface area (Å²) in [5.41, 5.74) is 4.06. The summed E-state index contributed by atoms with van der Waals surface area (Å²) < 4.78 is 2.28. The smallest absolute Gasteiger partial charge is 0.122 e. The molecule has 1 aliphatic rings. The molecule has 1 heterocycles. The monoisotopic (exact) mass is 297 g/mol. The SMILES string of the molecule is Cc1ccc(C)c(Cn2ccnc2CNC2CCCCC2)c1. The van der Waals surface area contributed by atoms with Gasteiger partial charge >= 0.3 is 0 Å². The zero-order valence-corrected chi connectivity index (χ0v) is 13.8. The average molecular weight is 297 g/mol. The number of hydrogen-bond donors (Lipinski definition) is 1. The highest BCUT2D eigenvalue weighted by Crippen LogP contribution is 2.18. The van der Waals surface area contributed by atoms with Crippen molar-refractivity contribution in [3.8, 4) is 0 Å². The van der Waals surface area contributed by atoms with Crippen LogP contribution in [-0.4, -0.2) is 15.6 Å². The molecule has 3 rings (SSSR count). The number of imidazole rings is 1. The Bertz CT molecular complexity index is 609. The second kappa shape index (κ2) is 7.10. The van der Waals surface area contributed by atoms with E-state index >= 15 is 0 Å². The number of rotatable bonds is 5. The molecular weight excluding hydrogens is 270 g/mol. The topological polar surface area (TPSA) is 29.9 Å². The Balaban J connectivity index is 1.65. The average Bonchev–Trinajstić information content (AvgIpc) is 2.97. The highest BCUT2D eigenvalue weighted by Gasteiger charge is 2.13. The van der Waals surface area contributed by atoms with E-state index in [1.54, 1.807) is 0 Å². The maximum absolute atomic E-state index is 4.55. The van der Waals surface area contributed by atoms with Crippen LogP contribution in [0.1, 0.15) is 54.6 Å². The lowest BCUT2D eigenvalue weighted by molar-refractivity contribution is 0.367.